The van der Waals surface area contributed by atoms with Crippen molar-refractivity contribution in [3.63, 3.8) is 0 Å². The number of thiazole rings is 2. The third kappa shape index (κ3) is 8.62. The second-order valence-electron chi connectivity index (χ2n) is 14.2. The molecule has 0 radical (unpaired) electrons. The number of amides is 2. The van der Waals surface area contributed by atoms with E-state index in [0.717, 1.165) is 67.4 Å². The van der Waals surface area contributed by atoms with Crippen LogP contribution in [0.5, 0.6) is 0 Å². The molecule has 4 heterocycles. The number of primary sulfonamides is 2. The number of benzene rings is 2. The first-order valence-corrected chi connectivity index (χ1v) is 22.8. The van der Waals surface area contributed by atoms with Gasteiger partial charge in [-0.05, 0) is 98.2 Å². The molecule has 2 aromatic carbocycles. The fraction of sp³-hybridized carbons (Fsp3) is 0.250. The van der Waals surface area contributed by atoms with E-state index < -0.39 is 20.0 Å². The number of nitrogens with zero attached hydrogens (tertiary/aromatic N) is 6. The number of rotatable bonds is 8. The van der Waals surface area contributed by atoms with Crippen molar-refractivity contribution in [2.45, 2.75) is 47.9 Å². The molecule has 18 heteroatoms. The summed E-state index contributed by atoms with van der Waals surface area (Å²) < 4.78 is 46.6. The number of fused-ring (bicyclic) bond motifs is 2. The minimum Gasteiger partial charge on any atom is -0.291 e. The van der Waals surface area contributed by atoms with Gasteiger partial charge < -0.3 is 0 Å². The second kappa shape index (κ2) is 16.2. The molecule has 0 fully saturated rings. The first-order valence-electron chi connectivity index (χ1n) is 18.1. The molecule has 2 amide bonds. The zero-order valence-corrected chi connectivity index (χ0v) is 35.3. The zero-order valence-electron chi connectivity index (χ0n) is 32.0. The number of pyridine rings is 2. The van der Waals surface area contributed by atoms with Crippen molar-refractivity contribution < 1.29 is 26.4 Å². The molecule has 0 bridgehead atoms. The van der Waals surface area contributed by atoms with Crippen molar-refractivity contribution in [3.8, 4) is 22.5 Å². The molecule has 8 rings (SSSR count). The fourth-order valence-corrected chi connectivity index (χ4v) is 11.1. The molecule has 0 saturated carbocycles. The Balaban J connectivity index is 0.000000177. The molecule has 4 aromatic heterocycles. The number of hydrogen-bond donors (Lipinski definition) is 2. The van der Waals surface area contributed by atoms with E-state index in [1.54, 1.807) is 40.3 Å². The largest absolute Gasteiger partial charge is 0.291 e. The van der Waals surface area contributed by atoms with Gasteiger partial charge in [0, 0.05) is 49.5 Å². The first kappa shape index (κ1) is 40.9. The van der Waals surface area contributed by atoms with Gasteiger partial charge in [-0.1, -0.05) is 59.1 Å². The maximum atomic E-state index is 13.0. The average Bonchev–Trinajstić information content (AvgIpc) is 4.01. The number of nitrogens with two attached hydrogens (primary N) is 2. The van der Waals surface area contributed by atoms with Gasteiger partial charge in [0.25, 0.3) is 0 Å². The van der Waals surface area contributed by atoms with Crippen LogP contribution in [0.25, 0.3) is 22.5 Å². The summed E-state index contributed by atoms with van der Waals surface area (Å²) in [5, 5.41) is 11.1. The summed E-state index contributed by atoms with van der Waals surface area (Å²) in [6.07, 6.45) is 6.07. The summed E-state index contributed by atoms with van der Waals surface area (Å²) in [7, 11) is -4.47. The number of sulfonamides is 2. The Morgan fingerprint density at radius 1 is 0.603 bits per heavy atom. The van der Waals surface area contributed by atoms with Gasteiger partial charge in [-0.2, -0.15) is 0 Å². The third-order valence-corrected chi connectivity index (χ3v) is 15.7. The maximum absolute atomic E-state index is 13.0. The maximum Gasteiger partial charge on any atom is 0.249 e. The molecular weight excluding hydrogens is 817 g/mol. The highest BCUT2D eigenvalue weighted by atomic mass is 32.3. The molecule has 4 N–H and O–H groups in total. The highest BCUT2D eigenvalue weighted by Gasteiger charge is 2.34. The third-order valence-electron chi connectivity index (χ3n) is 10.1. The number of hydrogen-bond acceptors (Lipinski definition) is 12. The van der Waals surface area contributed by atoms with Crippen LogP contribution >= 0.6 is 22.7 Å². The van der Waals surface area contributed by atoms with E-state index in [1.807, 2.05) is 48.5 Å². The van der Waals surface area contributed by atoms with Crippen LogP contribution in [0.4, 0.5) is 10.3 Å². The highest BCUT2D eigenvalue weighted by Crippen LogP contribution is 2.36. The summed E-state index contributed by atoms with van der Waals surface area (Å²) in [4.78, 5) is 46.2. The lowest BCUT2D eigenvalue weighted by Crippen LogP contribution is -2.33. The van der Waals surface area contributed by atoms with Crippen LogP contribution in [-0.4, -0.2) is 62.7 Å². The quantitative estimate of drug-likeness (QED) is 0.207. The Kier molecular flexibility index (Phi) is 11.4. The number of aryl methyl sites for hydroxylation is 2. The van der Waals surface area contributed by atoms with Crippen LogP contribution in [0, 0.1) is 25.7 Å². The number of anilines is 2. The van der Waals surface area contributed by atoms with Gasteiger partial charge in [-0.15, -0.1) is 0 Å². The molecule has 2 unspecified atom stereocenters. The van der Waals surface area contributed by atoms with Crippen LogP contribution < -0.4 is 20.1 Å². The predicted molar refractivity (Wildman–Crippen MR) is 224 cm³/mol. The summed E-state index contributed by atoms with van der Waals surface area (Å²) >= 11 is 1.84. The lowest BCUT2D eigenvalue weighted by Gasteiger charge is -2.18. The van der Waals surface area contributed by atoms with Crippen molar-refractivity contribution >= 4 is 64.8 Å². The van der Waals surface area contributed by atoms with Gasteiger partial charge in [0.15, 0.2) is 18.7 Å². The van der Waals surface area contributed by atoms with Gasteiger partial charge in [-0.25, -0.2) is 37.1 Å². The van der Waals surface area contributed by atoms with E-state index in [4.69, 9.17) is 10.3 Å². The highest BCUT2D eigenvalue weighted by molar-refractivity contribution is 7.91. The lowest BCUT2D eigenvalue weighted by atomic mass is 10.0. The standard InChI is InChI=1S/2C20H20N4O3S2/c2*1-12-19(29(21,26)27)28-20(23-12)24(2)18(25)16-9-13-6-7-14(10-15(13)11-16)17-5-3-4-8-22-17/h2*3-8,10,16H,9,11H2,1-2H3,(H2,21,26,27). The van der Waals surface area contributed by atoms with E-state index >= 15 is 0 Å². The van der Waals surface area contributed by atoms with E-state index in [9.17, 15) is 26.4 Å². The predicted octanol–water partition coefficient (Wildman–Crippen LogP) is 5.08. The molecular formula is C40H40N8O6S4. The SMILES string of the molecule is Cc1nc(N(C)C(=O)C2Cc3ccc(-c4ccccn4)cc3C2)sc1S(N)(=O)=O.Cc1nc(N(C)C(=O)C2Cc3ccc(-c4ccccn4)cc3C2)sc1S(N)(=O)=O. The Morgan fingerprint density at radius 2 is 0.983 bits per heavy atom. The Morgan fingerprint density at radius 3 is 1.31 bits per heavy atom. The Hall–Kier alpha value is -5.24. The lowest BCUT2D eigenvalue weighted by molar-refractivity contribution is -0.122. The summed E-state index contributed by atoms with van der Waals surface area (Å²) in [5.74, 6) is -0.599. The van der Waals surface area contributed by atoms with Gasteiger partial charge in [-0.3, -0.25) is 29.4 Å². The molecule has 0 aliphatic heterocycles. The van der Waals surface area contributed by atoms with Crippen molar-refractivity contribution in [2.24, 2.45) is 22.1 Å². The van der Waals surface area contributed by atoms with E-state index in [2.05, 4.69) is 44.2 Å². The van der Waals surface area contributed by atoms with Gasteiger partial charge in [0.1, 0.15) is 0 Å². The summed E-state index contributed by atoms with van der Waals surface area (Å²) in [5.41, 5.74) is 9.05. The molecule has 6 aromatic rings. The zero-order chi connectivity index (χ0) is 41.5. The molecule has 300 valence electrons. The van der Waals surface area contributed by atoms with Gasteiger partial charge in [0.2, 0.25) is 31.9 Å². The first-order chi connectivity index (χ1) is 27.5. The Labute approximate surface area is 344 Å². The summed E-state index contributed by atoms with van der Waals surface area (Å²) in [6.45, 7) is 3.14. The monoisotopic (exact) mass is 856 g/mol. The minimum atomic E-state index is -3.85. The molecule has 14 nitrogen and oxygen atoms in total. The normalized spacial score (nSPS) is 15.9. The van der Waals surface area contributed by atoms with E-state index in [0.29, 0.717) is 47.3 Å². The minimum absolute atomic E-state index is 0.0122. The van der Waals surface area contributed by atoms with E-state index in [-0.39, 0.29) is 32.1 Å². The fourth-order valence-electron chi connectivity index (χ4n) is 7.26. The van der Waals surface area contributed by atoms with Crippen molar-refractivity contribution in [1.29, 1.82) is 0 Å². The van der Waals surface area contributed by atoms with E-state index in [1.165, 1.54) is 9.80 Å². The van der Waals surface area contributed by atoms with Crippen LogP contribution in [0.3, 0.4) is 0 Å². The van der Waals surface area contributed by atoms with Gasteiger partial charge in [0.05, 0.1) is 22.8 Å². The van der Waals surface area contributed by atoms with Crippen molar-refractivity contribution in [3.05, 3.63) is 119 Å². The molecule has 58 heavy (non-hydrogen) atoms. The summed E-state index contributed by atoms with van der Waals surface area (Å²) in [6, 6.07) is 23.9. The molecule has 0 saturated heterocycles. The topological polar surface area (TPSA) is 212 Å². The molecule has 2 aliphatic rings. The second-order valence-corrected chi connectivity index (χ2v) is 19.7. The Bertz CT molecular complexity index is 2570. The smallest absolute Gasteiger partial charge is 0.249 e. The average molecular weight is 857 g/mol. The molecule has 2 aliphatic carbocycles. The van der Waals surface area contributed by atoms with Crippen molar-refractivity contribution in [1.82, 2.24) is 19.9 Å². The van der Waals surface area contributed by atoms with Crippen LogP contribution in [-0.2, 0) is 55.3 Å². The van der Waals surface area contributed by atoms with Crippen molar-refractivity contribution in [2.75, 3.05) is 23.9 Å². The van der Waals surface area contributed by atoms with Crippen LogP contribution in [0.2, 0.25) is 0 Å². The van der Waals surface area contributed by atoms with Gasteiger partial charge >= 0.3 is 0 Å². The number of carbonyl (C=O) groups excluding carboxylic acids is 2. The van der Waals surface area contributed by atoms with Crippen LogP contribution in [0.15, 0.2) is 93.6 Å². The van der Waals surface area contributed by atoms with Crippen LogP contribution in [0.1, 0.15) is 33.6 Å². The number of aromatic nitrogens is 4. The number of carbonyl (C=O) groups is 2. The molecule has 0 spiro atoms. The molecule has 2 atom stereocenters.